The molecule has 2 heterocycles. The van der Waals surface area contributed by atoms with Crippen LogP contribution in [0.1, 0.15) is 25.1 Å². The molecule has 0 spiro atoms. The van der Waals surface area contributed by atoms with Gasteiger partial charge in [0.15, 0.2) is 0 Å². The molecule has 2 aromatic rings. The minimum absolute atomic E-state index is 0.672. The van der Waals surface area contributed by atoms with Gasteiger partial charge in [0.1, 0.15) is 0 Å². The summed E-state index contributed by atoms with van der Waals surface area (Å²) in [5.74, 6) is 0.672. The second-order valence-electron chi connectivity index (χ2n) is 5.04. The van der Waals surface area contributed by atoms with Gasteiger partial charge in [-0.1, -0.05) is 19.9 Å². The fourth-order valence-corrected chi connectivity index (χ4v) is 2.08. The van der Waals surface area contributed by atoms with E-state index in [-0.39, 0.29) is 0 Å². The first-order valence-electron chi connectivity index (χ1n) is 6.46. The fourth-order valence-electron chi connectivity index (χ4n) is 1.75. The van der Waals surface area contributed by atoms with Gasteiger partial charge in [0, 0.05) is 18.9 Å². The van der Waals surface area contributed by atoms with Crippen molar-refractivity contribution in [1.29, 1.82) is 0 Å². The molecule has 0 fully saturated rings. The third kappa shape index (κ3) is 4.76. The standard InChI is InChI=1S/C14H19BrN4/c1-11(2)5-16-6-12-3-4-14(17-7-12)10-19-9-13(15)8-18-19/h3-4,7-9,11,16H,5-6,10H2,1-2H3. The van der Waals surface area contributed by atoms with E-state index in [0.717, 1.165) is 23.3 Å². The Kier molecular flexibility index (Phi) is 5.10. The molecule has 0 aliphatic carbocycles. The summed E-state index contributed by atoms with van der Waals surface area (Å²) in [6.45, 7) is 7.01. The first-order valence-corrected chi connectivity index (χ1v) is 7.25. The van der Waals surface area contributed by atoms with Crippen LogP contribution >= 0.6 is 15.9 Å². The summed E-state index contributed by atoms with van der Waals surface area (Å²) >= 11 is 3.39. The van der Waals surface area contributed by atoms with Crippen LogP contribution in [0.3, 0.4) is 0 Å². The minimum atomic E-state index is 0.672. The first-order chi connectivity index (χ1) is 9.13. The van der Waals surface area contributed by atoms with E-state index in [9.17, 15) is 0 Å². The maximum atomic E-state index is 4.46. The zero-order valence-electron chi connectivity index (χ0n) is 11.3. The van der Waals surface area contributed by atoms with Gasteiger partial charge in [-0.3, -0.25) is 9.67 Å². The van der Waals surface area contributed by atoms with E-state index in [0.29, 0.717) is 12.5 Å². The molecule has 0 unspecified atom stereocenters. The van der Waals surface area contributed by atoms with Crippen molar-refractivity contribution in [2.24, 2.45) is 5.92 Å². The SMILES string of the molecule is CC(C)CNCc1ccc(Cn2cc(Br)cn2)nc1. The smallest absolute Gasteiger partial charge is 0.0831 e. The normalized spacial score (nSPS) is 11.2. The summed E-state index contributed by atoms with van der Waals surface area (Å²) < 4.78 is 2.85. The molecule has 0 saturated carbocycles. The van der Waals surface area contributed by atoms with Crippen LogP contribution in [-0.2, 0) is 13.1 Å². The van der Waals surface area contributed by atoms with Gasteiger partial charge in [0.2, 0.25) is 0 Å². The number of halogens is 1. The largest absolute Gasteiger partial charge is 0.312 e. The third-order valence-corrected chi connectivity index (χ3v) is 3.10. The number of pyridine rings is 1. The second-order valence-corrected chi connectivity index (χ2v) is 5.95. The van der Waals surface area contributed by atoms with Crippen molar-refractivity contribution < 1.29 is 0 Å². The molecule has 4 nitrogen and oxygen atoms in total. The Bertz CT molecular complexity index is 504. The van der Waals surface area contributed by atoms with Crippen LogP contribution in [0.15, 0.2) is 35.2 Å². The Morgan fingerprint density at radius 3 is 2.74 bits per heavy atom. The quantitative estimate of drug-likeness (QED) is 0.889. The van der Waals surface area contributed by atoms with Gasteiger partial charge in [-0.25, -0.2) is 0 Å². The Balaban J connectivity index is 1.87. The Hall–Kier alpha value is -1.20. The predicted octanol–water partition coefficient (Wildman–Crippen LogP) is 2.83. The van der Waals surface area contributed by atoms with Crippen LogP contribution in [-0.4, -0.2) is 21.3 Å². The average Bonchev–Trinajstić information content (AvgIpc) is 2.77. The lowest BCUT2D eigenvalue weighted by Gasteiger charge is -2.07. The summed E-state index contributed by atoms with van der Waals surface area (Å²) in [5, 5.41) is 7.63. The lowest BCUT2D eigenvalue weighted by atomic mass is 10.2. The van der Waals surface area contributed by atoms with Crippen LogP contribution in [0.5, 0.6) is 0 Å². The highest BCUT2D eigenvalue weighted by Gasteiger charge is 2.00. The summed E-state index contributed by atoms with van der Waals surface area (Å²) in [6, 6.07) is 4.18. The second kappa shape index (κ2) is 6.82. The Morgan fingerprint density at radius 1 is 1.32 bits per heavy atom. The molecule has 0 bridgehead atoms. The van der Waals surface area contributed by atoms with E-state index in [1.807, 2.05) is 17.1 Å². The van der Waals surface area contributed by atoms with Gasteiger partial charge in [-0.05, 0) is 40.0 Å². The van der Waals surface area contributed by atoms with Gasteiger partial charge < -0.3 is 5.32 Å². The first kappa shape index (κ1) is 14.2. The maximum Gasteiger partial charge on any atom is 0.0831 e. The molecule has 5 heteroatoms. The van der Waals surface area contributed by atoms with Crippen molar-refractivity contribution in [3.63, 3.8) is 0 Å². The van der Waals surface area contributed by atoms with Crippen molar-refractivity contribution in [2.75, 3.05) is 6.54 Å². The number of nitrogens with one attached hydrogen (secondary N) is 1. The minimum Gasteiger partial charge on any atom is -0.312 e. The molecule has 2 rings (SSSR count). The van der Waals surface area contributed by atoms with Gasteiger partial charge in [-0.2, -0.15) is 5.10 Å². The van der Waals surface area contributed by atoms with E-state index in [1.165, 1.54) is 5.56 Å². The van der Waals surface area contributed by atoms with Crippen molar-refractivity contribution in [1.82, 2.24) is 20.1 Å². The summed E-state index contributed by atoms with van der Waals surface area (Å²) in [5.41, 5.74) is 2.23. The van der Waals surface area contributed by atoms with Gasteiger partial charge >= 0.3 is 0 Å². The molecule has 0 aliphatic heterocycles. The lowest BCUT2D eigenvalue weighted by molar-refractivity contribution is 0.551. The third-order valence-electron chi connectivity index (χ3n) is 2.69. The predicted molar refractivity (Wildman–Crippen MR) is 79.8 cm³/mol. The number of hydrogen-bond acceptors (Lipinski definition) is 3. The molecule has 0 aliphatic rings. The monoisotopic (exact) mass is 322 g/mol. The van der Waals surface area contributed by atoms with Crippen molar-refractivity contribution in [3.05, 3.63) is 46.5 Å². The molecule has 19 heavy (non-hydrogen) atoms. The zero-order valence-corrected chi connectivity index (χ0v) is 12.9. The van der Waals surface area contributed by atoms with E-state index in [1.54, 1.807) is 6.20 Å². The molecule has 0 aromatic carbocycles. The van der Waals surface area contributed by atoms with Crippen molar-refractivity contribution in [3.8, 4) is 0 Å². The average molecular weight is 323 g/mol. The number of aromatic nitrogens is 3. The maximum absolute atomic E-state index is 4.46. The Morgan fingerprint density at radius 2 is 2.16 bits per heavy atom. The van der Waals surface area contributed by atoms with Crippen LogP contribution in [0.4, 0.5) is 0 Å². The van der Waals surface area contributed by atoms with Crippen LogP contribution < -0.4 is 5.32 Å². The number of rotatable bonds is 6. The van der Waals surface area contributed by atoms with E-state index < -0.39 is 0 Å². The topological polar surface area (TPSA) is 42.7 Å². The fraction of sp³-hybridized carbons (Fsp3) is 0.429. The van der Waals surface area contributed by atoms with Crippen molar-refractivity contribution in [2.45, 2.75) is 26.9 Å². The Labute approximate surface area is 122 Å². The summed E-state index contributed by atoms with van der Waals surface area (Å²) in [4.78, 5) is 4.46. The molecule has 0 radical (unpaired) electrons. The van der Waals surface area contributed by atoms with Gasteiger partial charge in [-0.15, -0.1) is 0 Å². The highest BCUT2D eigenvalue weighted by atomic mass is 79.9. The zero-order chi connectivity index (χ0) is 13.7. The van der Waals surface area contributed by atoms with Gasteiger partial charge in [0.05, 0.1) is 22.9 Å². The summed E-state index contributed by atoms with van der Waals surface area (Å²) in [6.07, 6.45) is 5.66. The molecule has 102 valence electrons. The van der Waals surface area contributed by atoms with Gasteiger partial charge in [0.25, 0.3) is 0 Å². The molecule has 0 saturated heterocycles. The molecule has 0 amide bonds. The summed E-state index contributed by atoms with van der Waals surface area (Å²) in [7, 11) is 0. The van der Waals surface area contributed by atoms with E-state index in [4.69, 9.17) is 0 Å². The molecule has 0 atom stereocenters. The van der Waals surface area contributed by atoms with E-state index in [2.05, 4.69) is 57.3 Å². The van der Waals surface area contributed by atoms with E-state index >= 15 is 0 Å². The molecular weight excluding hydrogens is 304 g/mol. The number of hydrogen-bond donors (Lipinski definition) is 1. The molecular formula is C14H19BrN4. The lowest BCUT2D eigenvalue weighted by Crippen LogP contribution is -2.19. The highest BCUT2D eigenvalue weighted by Crippen LogP contribution is 2.08. The van der Waals surface area contributed by atoms with Crippen LogP contribution in [0, 0.1) is 5.92 Å². The van der Waals surface area contributed by atoms with Crippen molar-refractivity contribution >= 4 is 15.9 Å². The van der Waals surface area contributed by atoms with Crippen LogP contribution in [0.2, 0.25) is 0 Å². The highest BCUT2D eigenvalue weighted by molar-refractivity contribution is 9.10. The van der Waals surface area contributed by atoms with Crippen LogP contribution in [0.25, 0.3) is 0 Å². The number of nitrogens with zero attached hydrogens (tertiary/aromatic N) is 3. The molecule has 2 aromatic heterocycles. The molecule has 1 N–H and O–H groups in total.